The third-order valence-corrected chi connectivity index (χ3v) is 5.57. The molecule has 7 nitrogen and oxygen atoms in total. The lowest BCUT2D eigenvalue weighted by Crippen LogP contribution is -2.40. The Bertz CT molecular complexity index is 1040. The normalized spacial score (nSPS) is 24.1. The van der Waals surface area contributed by atoms with Crippen LogP contribution in [-0.4, -0.2) is 38.6 Å². The molecule has 29 heavy (non-hydrogen) atoms. The predicted octanol–water partition coefficient (Wildman–Crippen LogP) is 2.88. The number of aliphatic hydroxyl groups is 1. The molecule has 156 valence electrons. The number of nitrogens with one attached hydrogen (secondary N) is 1. The summed E-state index contributed by atoms with van der Waals surface area (Å²) < 4.78 is 0.994. The minimum atomic E-state index is -0.754. The maximum absolute atomic E-state index is 12.2. The van der Waals surface area contributed by atoms with Gasteiger partial charge in [-0.2, -0.15) is 0 Å². The summed E-state index contributed by atoms with van der Waals surface area (Å²) in [6, 6.07) is 6.29. The third-order valence-electron chi connectivity index (χ3n) is 5.32. The van der Waals surface area contributed by atoms with Crippen molar-refractivity contribution < 1.29 is 10.2 Å². The first-order chi connectivity index (χ1) is 13.5. The molecule has 3 N–H and O–H groups in total. The topological polar surface area (TPSA) is 108 Å². The summed E-state index contributed by atoms with van der Waals surface area (Å²) >= 11 is 5.87. The average Bonchev–Trinajstić information content (AvgIpc) is 2.57. The smallest absolute Gasteiger partial charge is 0.335 e. The number of H-pyrrole nitrogens is 1. The number of hydrogen-bond donors (Lipinski definition) is 3. The highest BCUT2D eigenvalue weighted by atomic mass is 35.5. The van der Waals surface area contributed by atoms with Gasteiger partial charge in [-0.3, -0.25) is 14.8 Å². The molecule has 3 rings (SSSR count). The van der Waals surface area contributed by atoms with E-state index in [1.54, 1.807) is 24.3 Å². The molecule has 1 saturated carbocycles. The van der Waals surface area contributed by atoms with Crippen LogP contribution in [0.25, 0.3) is 5.69 Å². The highest BCUT2D eigenvalue weighted by Gasteiger charge is 2.40. The van der Waals surface area contributed by atoms with Crippen LogP contribution in [0.4, 0.5) is 0 Å². The number of aromatic amines is 1. The fourth-order valence-electron chi connectivity index (χ4n) is 4.54. The molecule has 1 aliphatic carbocycles. The van der Waals surface area contributed by atoms with Crippen molar-refractivity contribution in [2.75, 3.05) is 6.54 Å². The standard InChI is InChI=1S/C21H26ClN3O4/c1-20(2)8-15(26)9-21(3,11-20)12-23-10-16-17(27)24-19(29)25(18(16)28)14-6-4-13(22)5-7-14/h4-7,10,15,26,28H,8-9,11-12H2,1-3H3,(H,24,27,29). The Morgan fingerprint density at radius 2 is 1.90 bits per heavy atom. The second-order valence-electron chi connectivity index (χ2n) is 8.99. The Balaban J connectivity index is 1.91. The van der Waals surface area contributed by atoms with Crippen molar-refractivity contribution in [2.45, 2.75) is 46.1 Å². The molecular formula is C21H26ClN3O4. The van der Waals surface area contributed by atoms with Crippen molar-refractivity contribution in [3.8, 4) is 11.6 Å². The number of nitrogens with zero attached hydrogens (tertiary/aromatic N) is 2. The van der Waals surface area contributed by atoms with Gasteiger partial charge in [-0.1, -0.05) is 32.4 Å². The molecule has 1 aromatic carbocycles. The van der Waals surface area contributed by atoms with Crippen LogP contribution in [0.15, 0.2) is 38.8 Å². The van der Waals surface area contributed by atoms with Gasteiger partial charge in [-0.25, -0.2) is 9.36 Å². The van der Waals surface area contributed by atoms with Gasteiger partial charge < -0.3 is 10.2 Å². The number of aliphatic hydroxyl groups excluding tert-OH is 1. The average molecular weight is 420 g/mol. The Morgan fingerprint density at radius 1 is 1.24 bits per heavy atom. The van der Waals surface area contributed by atoms with Gasteiger partial charge in [-0.15, -0.1) is 0 Å². The van der Waals surface area contributed by atoms with Gasteiger partial charge in [0.1, 0.15) is 5.56 Å². The Morgan fingerprint density at radius 3 is 2.52 bits per heavy atom. The van der Waals surface area contributed by atoms with Gasteiger partial charge >= 0.3 is 5.69 Å². The Labute approximate surface area is 173 Å². The molecular weight excluding hydrogens is 394 g/mol. The number of rotatable bonds is 4. The van der Waals surface area contributed by atoms with Gasteiger partial charge in [-0.05, 0) is 54.4 Å². The molecule has 0 radical (unpaired) electrons. The fourth-order valence-corrected chi connectivity index (χ4v) is 4.67. The van der Waals surface area contributed by atoms with E-state index in [9.17, 15) is 19.8 Å². The van der Waals surface area contributed by atoms with E-state index in [4.69, 9.17) is 11.6 Å². The molecule has 2 aromatic rings. The molecule has 8 heteroatoms. The lowest BCUT2D eigenvalue weighted by atomic mass is 9.63. The lowest BCUT2D eigenvalue weighted by molar-refractivity contribution is -0.00472. The summed E-state index contributed by atoms with van der Waals surface area (Å²) in [7, 11) is 0. The molecule has 2 unspecified atom stereocenters. The van der Waals surface area contributed by atoms with E-state index >= 15 is 0 Å². The first-order valence-corrected chi connectivity index (χ1v) is 9.90. The highest BCUT2D eigenvalue weighted by Crippen LogP contribution is 2.46. The number of hydrogen-bond acceptors (Lipinski definition) is 5. The van der Waals surface area contributed by atoms with E-state index in [0.717, 1.165) is 17.4 Å². The minimum absolute atomic E-state index is 0.00333. The Kier molecular flexibility index (Phi) is 5.74. The zero-order valence-electron chi connectivity index (χ0n) is 16.8. The van der Waals surface area contributed by atoms with Gasteiger partial charge in [0, 0.05) is 17.8 Å². The molecule has 2 atom stereocenters. The monoisotopic (exact) mass is 419 g/mol. The first kappa shape index (κ1) is 21.3. The van der Waals surface area contributed by atoms with Crippen LogP contribution < -0.4 is 11.2 Å². The highest BCUT2D eigenvalue weighted by molar-refractivity contribution is 6.30. The zero-order valence-corrected chi connectivity index (χ0v) is 17.5. The molecule has 0 bridgehead atoms. The zero-order chi connectivity index (χ0) is 21.4. The van der Waals surface area contributed by atoms with E-state index in [2.05, 4.69) is 30.7 Å². The van der Waals surface area contributed by atoms with Gasteiger partial charge in [0.05, 0.1) is 11.8 Å². The predicted molar refractivity (Wildman–Crippen MR) is 114 cm³/mol. The summed E-state index contributed by atoms with van der Waals surface area (Å²) in [6.45, 7) is 6.70. The number of aliphatic imine (C=N–C) groups is 1. The number of benzene rings is 1. The summed E-state index contributed by atoms with van der Waals surface area (Å²) in [5.74, 6) is -0.487. The number of aromatic nitrogens is 2. The third kappa shape index (κ3) is 4.79. The number of halogens is 1. The molecule has 1 aliphatic rings. The molecule has 0 aliphatic heterocycles. The largest absolute Gasteiger partial charge is 0.493 e. The van der Waals surface area contributed by atoms with E-state index in [-0.39, 0.29) is 22.5 Å². The summed E-state index contributed by atoms with van der Waals surface area (Å²) in [6.07, 6.45) is 3.17. The first-order valence-electron chi connectivity index (χ1n) is 9.52. The number of aromatic hydroxyl groups is 1. The fraction of sp³-hybridized carbons (Fsp3) is 0.476. The minimum Gasteiger partial charge on any atom is -0.493 e. The van der Waals surface area contributed by atoms with Crippen molar-refractivity contribution in [1.29, 1.82) is 0 Å². The van der Waals surface area contributed by atoms with Crippen LogP contribution in [0.5, 0.6) is 5.88 Å². The molecule has 1 fully saturated rings. The van der Waals surface area contributed by atoms with Gasteiger partial charge in [0.15, 0.2) is 0 Å². The van der Waals surface area contributed by atoms with Crippen LogP contribution >= 0.6 is 11.6 Å². The van der Waals surface area contributed by atoms with E-state index in [1.165, 1.54) is 6.21 Å². The maximum atomic E-state index is 12.2. The van der Waals surface area contributed by atoms with Crippen molar-refractivity contribution >= 4 is 17.8 Å². The molecule has 0 saturated heterocycles. The van der Waals surface area contributed by atoms with Crippen molar-refractivity contribution in [2.24, 2.45) is 15.8 Å². The van der Waals surface area contributed by atoms with Crippen LogP contribution in [0.2, 0.25) is 5.02 Å². The SMILES string of the molecule is CC1(C)CC(O)CC(C)(CN=Cc2c(O)n(-c3ccc(Cl)cc3)c(=O)[nH]c2=O)C1. The van der Waals surface area contributed by atoms with E-state index in [1.807, 2.05) is 0 Å². The lowest BCUT2D eigenvalue weighted by Gasteiger charge is -2.44. The van der Waals surface area contributed by atoms with Crippen LogP contribution in [0.3, 0.4) is 0 Å². The van der Waals surface area contributed by atoms with Crippen molar-refractivity contribution in [1.82, 2.24) is 9.55 Å². The molecule has 1 aromatic heterocycles. The second kappa shape index (κ2) is 7.80. The van der Waals surface area contributed by atoms with Crippen molar-refractivity contribution in [3.63, 3.8) is 0 Å². The van der Waals surface area contributed by atoms with Crippen LogP contribution in [0, 0.1) is 10.8 Å². The van der Waals surface area contributed by atoms with Crippen LogP contribution in [0.1, 0.15) is 45.6 Å². The van der Waals surface area contributed by atoms with Crippen molar-refractivity contribution in [3.05, 3.63) is 55.7 Å². The summed E-state index contributed by atoms with van der Waals surface area (Å²) in [4.78, 5) is 31.0. The van der Waals surface area contributed by atoms with Crippen LogP contribution in [-0.2, 0) is 0 Å². The van der Waals surface area contributed by atoms with Gasteiger partial charge in [0.25, 0.3) is 5.56 Å². The van der Waals surface area contributed by atoms with E-state index < -0.39 is 17.1 Å². The van der Waals surface area contributed by atoms with Gasteiger partial charge in [0.2, 0.25) is 5.88 Å². The summed E-state index contributed by atoms with van der Waals surface area (Å²) in [5, 5.41) is 21.3. The molecule has 0 amide bonds. The summed E-state index contributed by atoms with van der Waals surface area (Å²) in [5.41, 5.74) is -1.41. The molecule has 0 spiro atoms. The quantitative estimate of drug-likeness (QED) is 0.662. The molecule has 1 heterocycles. The van der Waals surface area contributed by atoms with E-state index in [0.29, 0.717) is 23.7 Å². The second-order valence-corrected chi connectivity index (χ2v) is 9.43. The maximum Gasteiger partial charge on any atom is 0.335 e. The Hall–Kier alpha value is -2.38.